The van der Waals surface area contributed by atoms with Crippen LogP contribution < -0.4 is 10.6 Å². The minimum atomic E-state index is -0.217. The fourth-order valence-corrected chi connectivity index (χ4v) is 4.49. The van der Waals surface area contributed by atoms with Crippen molar-refractivity contribution >= 4 is 12.1 Å². The van der Waals surface area contributed by atoms with Crippen LogP contribution in [0.1, 0.15) is 44.1 Å². The summed E-state index contributed by atoms with van der Waals surface area (Å²) in [5.41, 5.74) is 1.13. The minimum absolute atomic E-state index is 0.0520. The molecule has 1 aromatic carbocycles. The topological polar surface area (TPSA) is 83.1 Å². The molecule has 8 heteroatoms. The van der Waals surface area contributed by atoms with Gasteiger partial charge >= 0.3 is 12.1 Å². The zero-order valence-electron chi connectivity index (χ0n) is 19.6. The van der Waals surface area contributed by atoms with E-state index in [0.717, 1.165) is 31.2 Å². The molecule has 0 aromatic heterocycles. The summed E-state index contributed by atoms with van der Waals surface area (Å²) in [4.78, 5) is 29.4. The van der Waals surface area contributed by atoms with Gasteiger partial charge in [0.1, 0.15) is 0 Å². The predicted molar refractivity (Wildman–Crippen MR) is 124 cm³/mol. The fourth-order valence-electron chi connectivity index (χ4n) is 4.49. The van der Waals surface area contributed by atoms with Crippen molar-refractivity contribution in [2.24, 2.45) is 0 Å². The zero-order chi connectivity index (χ0) is 22.9. The number of nitrogens with zero attached hydrogens (tertiary/aromatic N) is 2. The number of ether oxygens (including phenoxy) is 2. The molecule has 0 spiro atoms. The van der Waals surface area contributed by atoms with Crippen LogP contribution in [-0.2, 0) is 9.47 Å². The van der Waals surface area contributed by atoms with Crippen LogP contribution in [0.25, 0.3) is 0 Å². The molecule has 2 heterocycles. The number of carbonyl (C=O) groups is 2. The van der Waals surface area contributed by atoms with E-state index in [0.29, 0.717) is 32.7 Å². The Morgan fingerprint density at radius 2 is 1.41 bits per heavy atom. The second kappa shape index (κ2) is 12.1. The highest BCUT2D eigenvalue weighted by atomic mass is 16.5. The molecular weight excluding hydrogens is 408 g/mol. The summed E-state index contributed by atoms with van der Waals surface area (Å²) in [6, 6.07) is 9.72. The first-order valence-corrected chi connectivity index (χ1v) is 11.7. The van der Waals surface area contributed by atoms with E-state index in [1.165, 1.54) is 0 Å². The Morgan fingerprint density at radius 3 is 1.91 bits per heavy atom. The lowest BCUT2D eigenvalue weighted by Gasteiger charge is -2.35. The molecule has 32 heavy (non-hydrogen) atoms. The van der Waals surface area contributed by atoms with Crippen molar-refractivity contribution in [3.05, 3.63) is 35.9 Å². The highest BCUT2D eigenvalue weighted by Gasteiger charge is 2.28. The van der Waals surface area contributed by atoms with E-state index in [1.54, 1.807) is 14.2 Å². The van der Waals surface area contributed by atoms with Crippen LogP contribution in [0.3, 0.4) is 0 Å². The van der Waals surface area contributed by atoms with Gasteiger partial charge in [-0.05, 0) is 31.2 Å². The van der Waals surface area contributed by atoms with Gasteiger partial charge in [-0.25, -0.2) is 9.59 Å². The van der Waals surface area contributed by atoms with Crippen LogP contribution in [0, 0.1) is 0 Å². The third kappa shape index (κ3) is 6.59. The van der Waals surface area contributed by atoms with Crippen LogP contribution in [0.2, 0.25) is 0 Å². The monoisotopic (exact) mass is 446 g/mol. The molecule has 178 valence electrons. The third-order valence-electron chi connectivity index (χ3n) is 6.84. The van der Waals surface area contributed by atoms with Gasteiger partial charge in [-0.15, -0.1) is 0 Å². The first kappa shape index (κ1) is 24.3. The van der Waals surface area contributed by atoms with Gasteiger partial charge in [-0.3, -0.25) is 0 Å². The van der Waals surface area contributed by atoms with Crippen molar-refractivity contribution in [1.82, 2.24) is 20.4 Å². The third-order valence-corrected chi connectivity index (χ3v) is 6.84. The summed E-state index contributed by atoms with van der Waals surface area (Å²) >= 11 is 0. The molecule has 2 atom stereocenters. The lowest BCUT2D eigenvalue weighted by molar-refractivity contribution is 0.0490. The summed E-state index contributed by atoms with van der Waals surface area (Å²) < 4.78 is 10.8. The number of nitrogens with one attached hydrogen (secondary N) is 2. The molecule has 0 bridgehead atoms. The number of rotatable bonds is 7. The largest absolute Gasteiger partial charge is 0.381 e. The van der Waals surface area contributed by atoms with Crippen molar-refractivity contribution in [1.29, 1.82) is 0 Å². The van der Waals surface area contributed by atoms with Crippen molar-refractivity contribution in [2.75, 3.05) is 46.9 Å². The average molecular weight is 447 g/mol. The molecule has 8 nitrogen and oxygen atoms in total. The van der Waals surface area contributed by atoms with E-state index in [2.05, 4.69) is 29.7 Å². The van der Waals surface area contributed by atoms with Crippen LogP contribution in [0.5, 0.6) is 0 Å². The Labute approximate surface area is 191 Å². The van der Waals surface area contributed by atoms with Crippen molar-refractivity contribution in [3.63, 3.8) is 0 Å². The summed E-state index contributed by atoms with van der Waals surface area (Å²) in [7, 11) is 3.44. The molecule has 2 unspecified atom stereocenters. The van der Waals surface area contributed by atoms with E-state index >= 15 is 0 Å². The van der Waals surface area contributed by atoms with Crippen LogP contribution >= 0.6 is 0 Å². The van der Waals surface area contributed by atoms with Gasteiger partial charge in [-0.1, -0.05) is 37.3 Å². The maximum atomic E-state index is 13.0. The molecule has 3 rings (SSSR count). The van der Waals surface area contributed by atoms with Gasteiger partial charge in [-0.2, -0.15) is 0 Å². The molecule has 2 N–H and O–H groups in total. The molecule has 0 aliphatic carbocycles. The van der Waals surface area contributed by atoms with Gasteiger partial charge in [0.2, 0.25) is 0 Å². The molecular formula is C24H38N4O4. The number of methoxy groups -OCH3 is 2. The van der Waals surface area contributed by atoms with Crippen LogP contribution in [0.4, 0.5) is 9.59 Å². The highest BCUT2D eigenvalue weighted by molar-refractivity contribution is 5.76. The average Bonchev–Trinajstić information content (AvgIpc) is 2.86. The van der Waals surface area contributed by atoms with Crippen molar-refractivity contribution < 1.29 is 19.1 Å². The number of carbonyl (C=O) groups excluding carboxylic acids is 2. The predicted octanol–water partition coefficient (Wildman–Crippen LogP) is 2.80. The molecule has 1 aromatic rings. The van der Waals surface area contributed by atoms with Gasteiger partial charge < -0.3 is 29.9 Å². The van der Waals surface area contributed by atoms with E-state index < -0.39 is 0 Å². The Bertz CT molecular complexity index is 716. The van der Waals surface area contributed by atoms with Crippen molar-refractivity contribution in [2.45, 2.75) is 56.8 Å². The standard InChI is InChI=1S/C24H38N4O4/c1-18(19-7-5-4-6-8-19)22(26-24(30)28-15-11-21(32-3)12-16-28)17-25-23(29)27-13-9-20(31-2)10-14-27/h4-8,18,20-22H,9-17H2,1-3H3,(H,25,29)(H,26,30). The first-order chi connectivity index (χ1) is 15.5. The second-order valence-corrected chi connectivity index (χ2v) is 8.79. The Balaban J connectivity index is 1.59. The molecule has 0 radical (unpaired) electrons. The van der Waals surface area contributed by atoms with E-state index in [9.17, 15) is 9.59 Å². The SMILES string of the molecule is COC1CCN(C(=O)NCC(NC(=O)N2CCC(OC)CC2)C(C)c2ccccc2)CC1. The number of amides is 4. The summed E-state index contributed by atoms with van der Waals surface area (Å²) in [5.74, 6) is 0.0520. The van der Waals surface area contributed by atoms with Crippen LogP contribution in [0.15, 0.2) is 30.3 Å². The number of likely N-dealkylation sites (tertiary alicyclic amines) is 2. The quantitative estimate of drug-likeness (QED) is 0.675. The number of hydrogen-bond donors (Lipinski definition) is 2. The van der Waals surface area contributed by atoms with Gasteiger partial charge in [0.15, 0.2) is 0 Å². The summed E-state index contributed by atoms with van der Waals surface area (Å²) in [6.07, 6.45) is 3.84. The van der Waals surface area contributed by atoms with Gasteiger partial charge in [0.25, 0.3) is 0 Å². The molecule has 0 saturated carbocycles. The molecule has 2 fully saturated rings. The Hall–Kier alpha value is -2.32. The number of urea groups is 2. The number of piperidine rings is 2. The van der Waals surface area contributed by atoms with E-state index in [4.69, 9.17) is 9.47 Å². The second-order valence-electron chi connectivity index (χ2n) is 8.79. The molecule has 2 aliphatic heterocycles. The van der Waals surface area contributed by atoms with Crippen LogP contribution in [-0.4, -0.2) is 87.1 Å². The first-order valence-electron chi connectivity index (χ1n) is 11.7. The normalized spacial score (nSPS) is 20.0. The van der Waals surface area contributed by atoms with E-state index in [1.807, 2.05) is 28.0 Å². The maximum absolute atomic E-state index is 13.0. The fraction of sp³-hybridized carbons (Fsp3) is 0.667. The maximum Gasteiger partial charge on any atom is 0.317 e. The lowest BCUT2D eigenvalue weighted by atomic mass is 9.93. The molecule has 4 amide bonds. The van der Waals surface area contributed by atoms with Crippen molar-refractivity contribution in [3.8, 4) is 0 Å². The van der Waals surface area contributed by atoms with Gasteiger partial charge in [0.05, 0.1) is 18.2 Å². The number of benzene rings is 1. The lowest BCUT2D eigenvalue weighted by Crippen LogP contribution is -2.54. The minimum Gasteiger partial charge on any atom is -0.381 e. The van der Waals surface area contributed by atoms with E-state index in [-0.39, 0.29) is 36.2 Å². The van der Waals surface area contributed by atoms with Gasteiger partial charge in [0, 0.05) is 52.9 Å². The smallest absolute Gasteiger partial charge is 0.317 e. The molecule has 2 aliphatic rings. The summed E-state index contributed by atoms with van der Waals surface area (Å²) in [6.45, 7) is 5.19. The summed E-state index contributed by atoms with van der Waals surface area (Å²) in [5, 5.41) is 6.24. The Kier molecular flexibility index (Phi) is 9.17. The highest BCUT2D eigenvalue weighted by Crippen LogP contribution is 2.20. The Morgan fingerprint density at radius 1 is 0.906 bits per heavy atom. The zero-order valence-corrected chi connectivity index (χ0v) is 19.6. The number of hydrogen-bond acceptors (Lipinski definition) is 4. The molecule has 2 saturated heterocycles.